The molecule has 0 spiro atoms. The Hall–Kier alpha value is -2.66. The maximum atomic E-state index is 3.72. The number of unbranched alkanes of at least 4 members (excludes halogenated alkanes) is 4. The Morgan fingerprint density at radius 2 is 0.786 bits per heavy atom. The lowest BCUT2D eigenvalue weighted by atomic mass is 10.1. The van der Waals surface area contributed by atoms with E-state index in [1.807, 2.05) is 0 Å². The first-order chi connectivity index (χ1) is 20.5. The third-order valence-electron chi connectivity index (χ3n) is 7.33. The molecular weight excluding hydrogens is 644 g/mol. The van der Waals surface area contributed by atoms with E-state index in [2.05, 4.69) is 154 Å². The highest BCUT2D eigenvalue weighted by atomic mass is 79.9. The van der Waals surface area contributed by atoms with Crippen LogP contribution in [0.3, 0.4) is 0 Å². The Balaban J connectivity index is 1.71. The predicted molar refractivity (Wildman–Crippen MR) is 191 cm³/mol. The van der Waals surface area contributed by atoms with E-state index in [1.165, 1.54) is 62.7 Å². The third kappa shape index (κ3) is 10.9. The van der Waals surface area contributed by atoms with Crippen molar-refractivity contribution >= 4 is 43.2 Å². The fourth-order valence-electron chi connectivity index (χ4n) is 4.66. The SMILES string of the molecule is CCCCN(CCCC)c1ccc(C#Cc2cc(Br)c(C#Cc3ccc(N(CCCC)CCCC)cc3)cc2Br)cc1. The summed E-state index contributed by atoms with van der Waals surface area (Å²) in [6.45, 7) is 13.4. The van der Waals surface area contributed by atoms with E-state index in [9.17, 15) is 0 Å². The van der Waals surface area contributed by atoms with Gasteiger partial charge in [0.25, 0.3) is 0 Å². The maximum absolute atomic E-state index is 3.72. The molecule has 0 bridgehead atoms. The number of benzene rings is 3. The van der Waals surface area contributed by atoms with Crippen LogP contribution in [-0.2, 0) is 0 Å². The molecule has 0 saturated heterocycles. The van der Waals surface area contributed by atoms with Crippen molar-refractivity contribution in [3.05, 3.63) is 91.9 Å². The molecule has 0 radical (unpaired) electrons. The normalized spacial score (nSPS) is 10.4. The second kappa shape index (κ2) is 18.8. The zero-order valence-electron chi connectivity index (χ0n) is 25.9. The minimum Gasteiger partial charge on any atom is -0.372 e. The van der Waals surface area contributed by atoms with E-state index in [-0.39, 0.29) is 0 Å². The van der Waals surface area contributed by atoms with Crippen molar-refractivity contribution in [2.75, 3.05) is 36.0 Å². The van der Waals surface area contributed by atoms with Gasteiger partial charge in [-0.05, 0) is 118 Å². The largest absolute Gasteiger partial charge is 0.372 e. The lowest BCUT2D eigenvalue weighted by Crippen LogP contribution is -2.25. The lowest BCUT2D eigenvalue weighted by molar-refractivity contribution is 0.678. The highest BCUT2D eigenvalue weighted by molar-refractivity contribution is 9.11. The Bertz CT molecular complexity index is 1230. The van der Waals surface area contributed by atoms with Crippen molar-refractivity contribution in [3.8, 4) is 23.7 Å². The summed E-state index contributed by atoms with van der Waals surface area (Å²) in [5, 5.41) is 0. The Morgan fingerprint density at radius 1 is 0.476 bits per heavy atom. The van der Waals surface area contributed by atoms with E-state index in [1.54, 1.807) is 0 Å². The van der Waals surface area contributed by atoms with Gasteiger partial charge in [0, 0.05) is 68.8 Å². The molecule has 3 rings (SSSR count). The molecule has 2 nitrogen and oxygen atoms in total. The molecule has 3 aromatic rings. The summed E-state index contributed by atoms with van der Waals surface area (Å²) in [5.41, 5.74) is 6.48. The van der Waals surface area contributed by atoms with E-state index in [0.29, 0.717) is 0 Å². The first kappa shape index (κ1) is 33.8. The lowest BCUT2D eigenvalue weighted by Gasteiger charge is -2.24. The first-order valence-corrected chi connectivity index (χ1v) is 17.3. The van der Waals surface area contributed by atoms with Gasteiger partial charge in [-0.15, -0.1) is 0 Å². The van der Waals surface area contributed by atoms with Crippen LogP contribution in [0.4, 0.5) is 11.4 Å². The van der Waals surface area contributed by atoms with Gasteiger partial charge in [0.2, 0.25) is 0 Å². The summed E-state index contributed by atoms with van der Waals surface area (Å²) in [6, 6.07) is 21.5. The summed E-state index contributed by atoms with van der Waals surface area (Å²) in [7, 11) is 0. The molecule has 0 saturated carbocycles. The number of rotatable bonds is 14. The topological polar surface area (TPSA) is 6.48 Å². The highest BCUT2D eigenvalue weighted by Crippen LogP contribution is 2.26. The zero-order chi connectivity index (χ0) is 30.2. The first-order valence-electron chi connectivity index (χ1n) is 15.7. The van der Waals surface area contributed by atoms with Crippen LogP contribution >= 0.6 is 31.9 Å². The summed E-state index contributed by atoms with van der Waals surface area (Å²) >= 11 is 7.45. The minimum absolute atomic E-state index is 0.938. The van der Waals surface area contributed by atoms with Crippen LogP contribution in [0, 0.1) is 23.7 Å². The fourth-order valence-corrected chi connectivity index (χ4v) is 5.55. The third-order valence-corrected chi connectivity index (χ3v) is 8.64. The number of hydrogen-bond donors (Lipinski definition) is 0. The number of anilines is 2. The number of halogens is 2. The summed E-state index contributed by atoms with van der Waals surface area (Å²) in [5.74, 6) is 13.4. The zero-order valence-corrected chi connectivity index (χ0v) is 29.1. The standard InChI is InChI=1S/C38H46Br2N2/c1-5-9-25-41(26-10-6-2)35-21-15-31(16-22-35)13-19-33-29-38(40)34(30-37(33)39)20-14-32-17-23-36(24-18-32)42(27-11-7-3)28-12-8-4/h15-18,21-24,29-30H,5-12,25-28H2,1-4H3. The van der Waals surface area contributed by atoms with Gasteiger partial charge in [-0.3, -0.25) is 0 Å². The molecule has 0 aliphatic heterocycles. The monoisotopic (exact) mass is 688 g/mol. The van der Waals surface area contributed by atoms with Crippen LogP contribution in [0.1, 0.15) is 101 Å². The van der Waals surface area contributed by atoms with E-state index >= 15 is 0 Å². The van der Waals surface area contributed by atoms with Gasteiger partial charge in [-0.1, -0.05) is 77.1 Å². The minimum atomic E-state index is 0.938. The van der Waals surface area contributed by atoms with Gasteiger partial charge in [0.1, 0.15) is 0 Å². The van der Waals surface area contributed by atoms with Crippen LogP contribution in [0.15, 0.2) is 69.6 Å². The van der Waals surface area contributed by atoms with Crippen LogP contribution < -0.4 is 9.80 Å². The molecule has 0 N–H and O–H groups in total. The van der Waals surface area contributed by atoms with Crippen molar-refractivity contribution in [3.63, 3.8) is 0 Å². The highest BCUT2D eigenvalue weighted by Gasteiger charge is 2.07. The van der Waals surface area contributed by atoms with Crippen molar-refractivity contribution in [1.29, 1.82) is 0 Å². The average molecular weight is 691 g/mol. The van der Waals surface area contributed by atoms with Crippen molar-refractivity contribution in [1.82, 2.24) is 0 Å². The molecule has 0 unspecified atom stereocenters. The van der Waals surface area contributed by atoms with Crippen LogP contribution in [0.5, 0.6) is 0 Å². The van der Waals surface area contributed by atoms with Crippen LogP contribution in [0.2, 0.25) is 0 Å². The predicted octanol–water partition coefficient (Wildman–Crippen LogP) is 10.8. The average Bonchev–Trinajstić information content (AvgIpc) is 3.01. The van der Waals surface area contributed by atoms with E-state index < -0.39 is 0 Å². The van der Waals surface area contributed by atoms with Gasteiger partial charge in [0.05, 0.1) is 0 Å². The molecule has 0 aliphatic carbocycles. The second-order valence-electron chi connectivity index (χ2n) is 10.8. The summed E-state index contributed by atoms with van der Waals surface area (Å²) in [6.07, 6.45) is 9.73. The molecule has 4 heteroatoms. The van der Waals surface area contributed by atoms with Gasteiger partial charge >= 0.3 is 0 Å². The molecule has 0 amide bonds. The number of hydrogen-bond acceptors (Lipinski definition) is 2. The van der Waals surface area contributed by atoms with Crippen molar-refractivity contribution < 1.29 is 0 Å². The van der Waals surface area contributed by atoms with Crippen LogP contribution in [-0.4, -0.2) is 26.2 Å². The molecule has 0 heterocycles. The molecule has 0 atom stereocenters. The van der Waals surface area contributed by atoms with Gasteiger partial charge in [-0.2, -0.15) is 0 Å². The molecule has 3 aromatic carbocycles. The second-order valence-corrected chi connectivity index (χ2v) is 12.5. The fraction of sp³-hybridized carbons (Fsp3) is 0.421. The summed E-state index contributed by atoms with van der Waals surface area (Å²) < 4.78 is 1.89. The van der Waals surface area contributed by atoms with Crippen molar-refractivity contribution in [2.45, 2.75) is 79.1 Å². The van der Waals surface area contributed by atoms with Crippen LogP contribution in [0.25, 0.3) is 0 Å². The number of nitrogens with zero attached hydrogens (tertiary/aromatic N) is 2. The van der Waals surface area contributed by atoms with Crippen molar-refractivity contribution in [2.24, 2.45) is 0 Å². The molecule has 0 fully saturated rings. The van der Waals surface area contributed by atoms with Gasteiger partial charge in [0.15, 0.2) is 0 Å². The van der Waals surface area contributed by atoms with E-state index in [0.717, 1.165) is 57.4 Å². The van der Waals surface area contributed by atoms with Gasteiger partial charge < -0.3 is 9.80 Å². The molecule has 222 valence electrons. The quantitative estimate of drug-likeness (QED) is 0.155. The molecule has 42 heavy (non-hydrogen) atoms. The van der Waals surface area contributed by atoms with E-state index in [4.69, 9.17) is 0 Å². The summed E-state index contributed by atoms with van der Waals surface area (Å²) in [4.78, 5) is 5.00. The molecular formula is C38H46Br2N2. The Labute approximate surface area is 272 Å². The smallest absolute Gasteiger partial charge is 0.0403 e. The maximum Gasteiger partial charge on any atom is 0.0403 e. The molecule has 0 aliphatic rings. The Morgan fingerprint density at radius 3 is 1.07 bits per heavy atom. The molecule has 0 aromatic heterocycles. The van der Waals surface area contributed by atoms with Gasteiger partial charge in [-0.25, -0.2) is 0 Å². The Kier molecular flexibility index (Phi) is 15.1.